The Balaban J connectivity index is 1.51. The van der Waals surface area contributed by atoms with Gasteiger partial charge in [0.1, 0.15) is 11.9 Å². The van der Waals surface area contributed by atoms with Crippen LogP contribution in [0.4, 0.5) is 0 Å². The van der Waals surface area contributed by atoms with E-state index in [-0.39, 0.29) is 6.10 Å². The Kier molecular flexibility index (Phi) is 4.42. The number of aromatic nitrogens is 1. The van der Waals surface area contributed by atoms with Gasteiger partial charge in [0, 0.05) is 49.8 Å². The SMILES string of the molecule is Cc1cnccc1OC1CCN(C(=O)C2CCCC2)CC1. The number of hydrogen-bond donors (Lipinski definition) is 0. The average molecular weight is 288 g/mol. The van der Waals surface area contributed by atoms with Crippen LogP contribution in [-0.2, 0) is 4.79 Å². The van der Waals surface area contributed by atoms with Gasteiger partial charge in [-0.1, -0.05) is 12.8 Å². The zero-order valence-corrected chi connectivity index (χ0v) is 12.8. The van der Waals surface area contributed by atoms with Crippen LogP contribution in [-0.4, -0.2) is 35.0 Å². The first-order valence-corrected chi connectivity index (χ1v) is 8.10. The van der Waals surface area contributed by atoms with E-state index in [0.29, 0.717) is 11.8 Å². The van der Waals surface area contributed by atoms with Crippen molar-refractivity contribution in [3.8, 4) is 5.75 Å². The fraction of sp³-hybridized carbons (Fsp3) is 0.647. The lowest BCUT2D eigenvalue weighted by Gasteiger charge is -2.33. The minimum Gasteiger partial charge on any atom is -0.490 e. The van der Waals surface area contributed by atoms with Crippen LogP contribution < -0.4 is 4.74 Å². The fourth-order valence-corrected chi connectivity index (χ4v) is 3.40. The smallest absolute Gasteiger partial charge is 0.225 e. The summed E-state index contributed by atoms with van der Waals surface area (Å²) in [4.78, 5) is 18.5. The minimum absolute atomic E-state index is 0.221. The summed E-state index contributed by atoms with van der Waals surface area (Å²) in [5, 5.41) is 0. The predicted octanol–water partition coefficient (Wildman–Crippen LogP) is 2.95. The lowest BCUT2D eigenvalue weighted by Crippen LogP contribution is -2.44. The quantitative estimate of drug-likeness (QED) is 0.859. The predicted molar refractivity (Wildman–Crippen MR) is 81.2 cm³/mol. The summed E-state index contributed by atoms with van der Waals surface area (Å²) in [6, 6.07) is 1.92. The molecular weight excluding hydrogens is 264 g/mol. The molecule has 3 rings (SSSR count). The molecule has 0 bridgehead atoms. The number of ether oxygens (including phenoxy) is 1. The van der Waals surface area contributed by atoms with E-state index in [1.54, 1.807) is 6.20 Å². The molecule has 2 fully saturated rings. The number of amides is 1. The number of hydrogen-bond acceptors (Lipinski definition) is 3. The largest absolute Gasteiger partial charge is 0.490 e. The molecule has 2 aliphatic rings. The van der Waals surface area contributed by atoms with Crippen LogP contribution in [0, 0.1) is 12.8 Å². The highest BCUT2D eigenvalue weighted by Gasteiger charge is 2.30. The van der Waals surface area contributed by atoms with Crippen molar-refractivity contribution in [1.29, 1.82) is 0 Å². The monoisotopic (exact) mass is 288 g/mol. The van der Waals surface area contributed by atoms with Crippen molar-refractivity contribution in [3.05, 3.63) is 24.0 Å². The summed E-state index contributed by atoms with van der Waals surface area (Å²) in [5.74, 6) is 1.60. The van der Waals surface area contributed by atoms with E-state index in [9.17, 15) is 4.79 Å². The Morgan fingerprint density at radius 1 is 1.24 bits per heavy atom. The maximum absolute atomic E-state index is 12.4. The molecule has 21 heavy (non-hydrogen) atoms. The normalized spacial score (nSPS) is 20.7. The van der Waals surface area contributed by atoms with Gasteiger partial charge in [-0.3, -0.25) is 9.78 Å². The first kappa shape index (κ1) is 14.4. The summed E-state index contributed by atoms with van der Waals surface area (Å²) in [5.41, 5.74) is 1.07. The zero-order chi connectivity index (χ0) is 14.7. The van der Waals surface area contributed by atoms with E-state index in [1.807, 2.05) is 19.2 Å². The van der Waals surface area contributed by atoms with Crippen molar-refractivity contribution in [2.75, 3.05) is 13.1 Å². The Bertz CT molecular complexity index is 489. The molecule has 0 spiro atoms. The molecule has 1 aromatic rings. The summed E-state index contributed by atoms with van der Waals surface area (Å²) >= 11 is 0. The van der Waals surface area contributed by atoms with Gasteiger partial charge in [-0.25, -0.2) is 0 Å². The third-order valence-corrected chi connectivity index (χ3v) is 4.72. The summed E-state index contributed by atoms with van der Waals surface area (Å²) < 4.78 is 6.06. The van der Waals surface area contributed by atoms with Gasteiger partial charge in [0.05, 0.1) is 0 Å². The molecule has 1 aliphatic carbocycles. The maximum atomic E-state index is 12.4. The molecule has 0 atom stereocenters. The van der Waals surface area contributed by atoms with E-state index in [0.717, 1.165) is 50.1 Å². The molecule has 2 heterocycles. The summed E-state index contributed by atoms with van der Waals surface area (Å²) in [6.45, 7) is 3.69. The Morgan fingerprint density at radius 2 is 1.95 bits per heavy atom. The minimum atomic E-state index is 0.221. The molecule has 4 nitrogen and oxygen atoms in total. The van der Waals surface area contributed by atoms with Crippen molar-refractivity contribution >= 4 is 5.91 Å². The number of nitrogens with zero attached hydrogens (tertiary/aromatic N) is 2. The molecule has 4 heteroatoms. The third kappa shape index (κ3) is 3.36. The molecule has 1 saturated heterocycles. The molecule has 0 aromatic carbocycles. The van der Waals surface area contributed by atoms with Gasteiger partial charge in [0.2, 0.25) is 5.91 Å². The topological polar surface area (TPSA) is 42.4 Å². The first-order valence-electron chi connectivity index (χ1n) is 8.10. The van der Waals surface area contributed by atoms with Crippen LogP contribution in [0.25, 0.3) is 0 Å². The molecule has 1 amide bonds. The van der Waals surface area contributed by atoms with E-state index >= 15 is 0 Å². The van der Waals surface area contributed by atoms with Crippen molar-refractivity contribution in [3.63, 3.8) is 0 Å². The summed E-state index contributed by atoms with van der Waals surface area (Å²) in [7, 11) is 0. The maximum Gasteiger partial charge on any atom is 0.225 e. The highest BCUT2D eigenvalue weighted by Crippen LogP contribution is 2.28. The van der Waals surface area contributed by atoms with Gasteiger partial charge in [-0.2, -0.15) is 0 Å². The van der Waals surface area contributed by atoms with Gasteiger partial charge < -0.3 is 9.64 Å². The number of rotatable bonds is 3. The third-order valence-electron chi connectivity index (χ3n) is 4.72. The van der Waals surface area contributed by atoms with Crippen LogP contribution >= 0.6 is 0 Å². The van der Waals surface area contributed by atoms with Gasteiger partial charge in [-0.15, -0.1) is 0 Å². The van der Waals surface area contributed by atoms with E-state index in [1.165, 1.54) is 12.8 Å². The van der Waals surface area contributed by atoms with Crippen molar-refractivity contribution in [1.82, 2.24) is 9.88 Å². The molecule has 1 saturated carbocycles. The van der Waals surface area contributed by atoms with E-state index in [2.05, 4.69) is 9.88 Å². The number of piperidine rings is 1. The Morgan fingerprint density at radius 3 is 2.62 bits per heavy atom. The molecule has 0 radical (unpaired) electrons. The number of carbonyl (C=O) groups excluding carboxylic acids is 1. The van der Waals surface area contributed by atoms with E-state index < -0.39 is 0 Å². The number of aryl methyl sites for hydroxylation is 1. The standard InChI is InChI=1S/C17H24N2O2/c1-13-12-18-9-6-16(13)21-15-7-10-19(11-8-15)17(20)14-4-2-3-5-14/h6,9,12,14-15H,2-5,7-8,10-11H2,1H3. The van der Waals surface area contributed by atoms with Crippen molar-refractivity contribution < 1.29 is 9.53 Å². The van der Waals surface area contributed by atoms with Gasteiger partial charge in [0.25, 0.3) is 0 Å². The van der Waals surface area contributed by atoms with Crippen LogP contribution in [0.2, 0.25) is 0 Å². The summed E-state index contributed by atoms with van der Waals surface area (Å²) in [6.07, 6.45) is 10.3. The van der Waals surface area contributed by atoms with Gasteiger partial charge in [-0.05, 0) is 25.8 Å². The second-order valence-corrected chi connectivity index (χ2v) is 6.27. The molecule has 1 aliphatic heterocycles. The lowest BCUT2D eigenvalue weighted by atomic mass is 10.0. The highest BCUT2D eigenvalue weighted by atomic mass is 16.5. The van der Waals surface area contributed by atoms with Crippen LogP contribution in [0.15, 0.2) is 18.5 Å². The number of likely N-dealkylation sites (tertiary alicyclic amines) is 1. The molecule has 114 valence electrons. The molecule has 0 N–H and O–H groups in total. The molecular formula is C17H24N2O2. The number of carbonyl (C=O) groups is 1. The van der Waals surface area contributed by atoms with Crippen molar-refractivity contribution in [2.24, 2.45) is 5.92 Å². The Labute approximate surface area is 126 Å². The second kappa shape index (κ2) is 6.46. The van der Waals surface area contributed by atoms with Crippen molar-refractivity contribution in [2.45, 2.75) is 51.6 Å². The number of pyridine rings is 1. The lowest BCUT2D eigenvalue weighted by molar-refractivity contribution is -0.137. The average Bonchev–Trinajstić information content (AvgIpc) is 3.04. The van der Waals surface area contributed by atoms with Gasteiger partial charge in [0.15, 0.2) is 0 Å². The highest BCUT2D eigenvalue weighted by molar-refractivity contribution is 5.79. The molecule has 0 unspecified atom stereocenters. The Hall–Kier alpha value is -1.58. The fourth-order valence-electron chi connectivity index (χ4n) is 3.40. The van der Waals surface area contributed by atoms with Crippen LogP contribution in [0.3, 0.4) is 0 Å². The van der Waals surface area contributed by atoms with Gasteiger partial charge >= 0.3 is 0 Å². The zero-order valence-electron chi connectivity index (χ0n) is 12.8. The first-order chi connectivity index (χ1) is 10.2. The second-order valence-electron chi connectivity index (χ2n) is 6.27. The van der Waals surface area contributed by atoms with Crippen LogP contribution in [0.1, 0.15) is 44.1 Å². The molecule has 1 aromatic heterocycles. The van der Waals surface area contributed by atoms with E-state index in [4.69, 9.17) is 4.74 Å². The van der Waals surface area contributed by atoms with Crippen LogP contribution in [0.5, 0.6) is 5.75 Å².